The van der Waals surface area contributed by atoms with Crippen molar-refractivity contribution in [1.82, 2.24) is 9.55 Å². The third kappa shape index (κ3) is 3.09. The standard InChI is InChI=1S/C13H17ClN2O2S/c1-9(14)13-15-11-8-10(18-2)4-5-12(11)16(13)6-7-19(3)17/h4-5,8-9H,6-7H2,1-3H3. The van der Waals surface area contributed by atoms with Crippen LogP contribution < -0.4 is 4.74 Å². The molecule has 2 aromatic rings. The predicted molar refractivity (Wildman–Crippen MR) is 79.5 cm³/mol. The monoisotopic (exact) mass is 300 g/mol. The maximum Gasteiger partial charge on any atom is 0.127 e. The second kappa shape index (κ2) is 5.92. The molecule has 0 N–H and O–H groups in total. The largest absolute Gasteiger partial charge is 0.497 e. The van der Waals surface area contributed by atoms with Crippen molar-refractivity contribution in [3.05, 3.63) is 24.0 Å². The Hall–Kier alpha value is -1.07. The first-order valence-electron chi connectivity index (χ1n) is 6.01. The lowest BCUT2D eigenvalue weighted by Crippen LogP contribution is -2.10. The molecule has 0 aliphatic heterocycles. The highest BCUT2D eigenvalue weighted by Crippen LogP contribution is 2.27. The van der Waals surface area contributed by atoms with Crippen molar-refractivity contribution in [2.45, 2.75) is 18.8 Å². The molecule has 1 aromatic carbocycles. The predicted octanol–water partition coefficient (Wildman–Crippen LogP) is 2.72. The number of hydrogen-bond acceptors (Lipinski definition) is 3. The molecule has 1 aromatic heterocycles. The number of ether oxygens (including phenoxy) is 1. The maximum atomic E-state index is 11.3. The van der Waals surface area contributed by atoms with E-state index in [-0.39, 0.29) is 5.38 Å². The minimum atomic E-state index is -0.837. The molecular formula is C13H17ClN2O2S. The number of fused-ring (bicyclic) bond motifs is 1. The maximum absolute atomic E-state index is 11.3. The molecule has 0 amide bonds. The molecule has 104 valence electrons. The topological polar surface area (TPSA) is 44.1 Å². The quantitative estimate of drug-likeness (QED) is 0.798. The van der Waals surface area contributed by atoms with E-state index < -0.39 is 10.8 Å². The Morgan fingerprint density at radius 2 is 2.26 bits per heavy atom. The SMILES string of the molecule is COc1ccc2c(c1)nc(C(C)Cl)n2CCS(C)=O. The number of aryl methyl sites for hydroxylation is 1. The Morgan fingerprint density at radius 1 is 1.53 bits per heavy atom. The molecule has 6 heteroatoms. The molecular weight excluding hydrogens is 284 g/mol. The Morgan fingerprint density at radius 3 is 2.84 bits per heavy atom. The van der Waals surface area contributed by atoms with E-state index in [1.54, 1.807) is 13.4 Å². The van der Waals surface area contributed by atoms with E-state index in [1.165, 1.54) is 0 Å². The Kier molecular flexibility index (Phi) is 4.47. The fourth-order valence-electron chi connectivity index (χ4n) is 2.01. The summed E-state index contributed by atoms with van der Waals surface area (Å²) in [6.45, 7) is 2.54. The first-order chi connectivity index (χ1) is 9.02. The van der Waals surface area contributed by atoms with Crippen LogP contribution in [0.4, 0.5) is 0 Å². The first kappa shape index (κ1) is 14.3. The van der Waals surface area contributed by atoms with Crippen molar-refractivity contribution < 1.29 is 8.95 Å². The van der Waals surface area contributed by atoms with Gasteiger partial charge in [-0.25, -0.2) is 4.98 Å². The fourth-order valence-corrected chi connectivity index (χ4v) is 2.62. The van der Waals surface area contributed by atoms with Gasteiger partial charge < -0.3 is 9.30 Å². The average molecular weight is 301 g/mol. The van der Waals surface area contributed by atoms with E-state index in [2.05, 4.69) is 4.98 Å². The zero-order valence-corrected chi connectivity index (χ0v) is 12.8. The van der Waals surface area contributed by atoms with Crippen molar-refractivity contribution >= 4 is 33.4 Å². The Bertz CT molecular complexity index is 610. The van der Waals surface area contributed by atoms with Crippen molar-refractivity contribution in [3.63, 3.8) is 0 Å². The van der Waals surface area contributed by atoms with Gasteiger partial charge in [0.2, 0.25) is 0 Å². The van der Waals surface area contributed by atoms with Crippen LogP contribution in [0.2, 0.25) is 0 Å². The molecule has 0 bridgehead atoms. The molecule has 0 aliphatic rings. The van der Waals surface area contributed by atoms with E-state index in [4.69, 9.17) is 16.3 Å². The van der Waals surface area contributed by atoms with E-state index in [9.17, 15) is 4.21 Å². The normalized spacial score (nSPS) is 14.5. The van der Waals surface area contributed by atoms with Crippen LogP contribution in [0, 0.1) is 0 Å². The van der Waals surface area contributed by atoms with Gasteiger partial charge in [0.1, 0.15) is 11.6 Å². The van der Waals surface area contributed by atoms with Crippen LogP contribution in [-0.2, 0) is 17.3 Å². The van der Waals surface area contributed by atoms with Crippen molar-refractivity contribution in [3.8, 4) is 5.75 Å². The van der Waals surface area contributed by atoms with Crippen molar-refractivity contribution in [2.24, 2.45) is 0 Å². The van der Waals surface area contributed by atoms with Crippen LogP contribution in [0.3, 0.4) is 0 Å². The highest BCUT2D eigenvalue weighted by molar-refractivity contribution is 7.84. The fraction of sp³-hybridized carbons (Fsp3) is 0.462. The number of nitrogens with zero attached hydrogens (tertiary/aromatic N) is 2. The van der Waals surface area contributed by atoms with Gasteiger partial charge in [-0.2, -0.15) is 0 Å². The minimum absolute atomic E-state index is 0.191. The molecule has 4 nitrogen and oxygen atoms in total. The summed E-state index contributed by atoms with van der Waals surface area (Å²) in [6.07, 6.45) is 1.70. The Labute approximate surface area is 120 Å². The lowest BCUT2D eigenvalue weighted by atomic mass is 10.3. The van der Waals surface area contributed by atoms with E-state index in [0.29, 0.717) is 12.3 Å². The number of methoxy groups -OCH3 is 1. The van der Waals surface area contributed by atoms with Gasteiger partial charge in [0, 0.05) is 35.4 Å². The third-order valence-corrected chi connectivity index (χ3v) is 3.90. The number of imidazole rings is 1. The van der Waals surface area contributed by atoms with E-state index in [1.807, 2.05) is 29.7 Å². The molecule has 0 saturated heterocycles. The first-order valence-corrected chi connectivity index (χ1v) is 8.17. The highest BCUT2D eigenvalue weighted by Gasteiger charge is 2.15. The number of aromatic nitrogens is 2. The van der Waals surface area contributed by atoms with E-state index in [0.717, 1.165) is 22.6 Å². The summed E-state index contributed by atoms with van der Waals surface area (Å²) < 4.78 is 18.5. The summed E-state index contributed by atoms with van der Waals surface area (Å²) in [5.74, 6) is 2.16. The van der Waals surface area contributed by atoms with E-state index >= 15 is 0 Å². The minimum Gasteiger partial charge on any atom is -0.497 e. The average Bonchev–Trinajstić information content (AvgIpc) is 2.73. The van der Waals surface area contributed by atoms with Crippen molar-refractivity contribution in [2.75, 3.05) is 19.1 Å². The van der Waals surface area contributed by atoms with Gasteiger partial charge in [0.25, 0.3) is 0 Å². The van der Waals surface area contributed by atoms with Crippen LogP contribution >= 0.6 is 11.6 Å². The summed E-state index contributed by atoms with van der Waals surface area (Å²) in [6, 6.07) is 5.74. The second-order valence-corrected chi connectivity index (χ2v) is 6.58. The molecule has 0 fully saturated rings. The molecule has 2 unspecified atom stereocenters. The lowest BCUT2D eigenvalue weighted by molar-refractivity contribution is 0.415. The highest BCUT2D eigenvalue weighted by atomic mass is 35.5. The smallest absolute Gasteiger partial charge is 0.127 e. The second-order valence-electron chi connectivity index (χ2n) is 4.37. The van der Waals surface area contributed by atoms with Gasteiger partial charge in [0.15, 0.2) is 0 Å². The van der Waals surface area contributed by atoms with Gasteiger partial charge in [-0.05, 0) is 19.1 Å². The summed E-state index contributed by atoms with van der Waals surface area (Å²) in [4.78, 5) is 4.55. The number of benzene rings is 1. The summed E-state index contributed by atoms with van der Waals surface area (Å²) in [5, 5.41) is -0.191. The molecule has 2 atom stereocenters. The lowest BCUT2D eigenvalue weighted by Gasteiger charge is -2.09. The molecule has 19 heavy (non-hydrogen) atoms. The number of halogens is 1. The van der Waals surface area contributed by atoms with Crippen LogP contribution in [-0.4, -0.2) is 32.9 Å². The number of alkyl halides is 1. The van der Waals surface area contributed by atoms with Crippen LogP contribution in [0.25, 0.3) is 11.0 Å². The Balaban J connectivity index is 2.50. The molecule has 1 heterocycles. The molecule has 0 saturated carbocycles. The summed E-state index contributed by atoms with van der Waals surface area (Å²) >= 11 is 6.18. The van der Waals surface area contributed by atoms with Gasteiger partial charge in [-0.3, -0.25) is 4.21 Å². The molecule has 0 spiro atoms. The summed E-state index contributed by atoms with van der Waals surface area (Å²) in [7, 11) is 0.791. The van der Waals surface area contributed by atoms with Gasteiger partial charge in [0.05, 0.1) is 23.5 Å². The van der Waals surface area contributed by atoms with Gasteiger partial charge in [-0.1, -0.05) is 0 Å². The van der Waals surface area contributed by atoms with Crippen LogP contribution in [0.15, 0.2) is 18.2 Å². The zero-order valence-electron chi connectivity index (χ0n) is 11.2. The number of rotatable bonds is 5. The summed E-state index contributed by atoms with van der Waals surface area (Å²) in [5.41, 5.74) is 1.84. The molecule has 0 radical (unpaired) electrons. The molecule has 0 aliphatic carbocycles. The van der Waals surface area contributed by atoms with Crippen molar-refractivity contribution in [1.29, 1.82) is 0 Å². The zero-order chi connectivity index (χ0) is 14.0. The van der Waals surface area contributed by atoms with Crippen LogP contribution in [0.5, 0.6) is 5.75 Å². The van der Waals surface area contributed by atoms with Gasteiger partial charge >= 0.3 is 0 Å². The molecule has 2 rings (SSSR count). The number of hydrogen-bond donors (Lipinski definition) is 0. The third-order valence-electron chi connectivity index (χ3n) is 2.94. The van der Waals surface area contributed by atoms with Crippen LogP contribution in [0.1, 0.15) is 18.1 Å². The van der Waals surface area contributed by atoms with Gasteiger partial charge in [-0.15, -0.1) is 11.6 Å².